The quantitative estimate of drug-likeness (QED) is 0.510. The number of nitrogens with zero attached hydrogens (tertiary/aromatic N) is 2. The third kappa shape index (κ3) is 3.22. The molecular formula is C17H18N4O2. The van der Waals surface area contributed by atoms with Gasteiger partial charge in [-0.15, -0.1) is 0 Å². The standard InChI is InChI=1S/C17H18N4O2/c18-16-2-1-12(8-15(16)17(19)11-22)13-7-14(10-20-9-13)21-3-5-23-6-4-21/h1-2,7-11,19H,3-6,18H2. The molecule has 0 aliphatic carbocycles. The van der Waals surface area contributed by atoms with E-state index >= 15 is 0 Å². The minimum Gasteiger partial charge on any atom is -0.398 e. The van der Waals surface area contributed by atoms with Crippen LogP contribution in [0.3, 0.4) is 0 Å². The van der Waals surface area contributed by atoms with Crippen LogP contribution in [0.2, 0.25) is 0 Å². The summed E-state index contributed by atoms with van der Waals surface area (Å²) in [6, 6.07) is 7.39. The topological polar surface area (TPSA) is 92.3 Å². The molecule has 1 fully saturated rings. The maximum absolute atomic E-state index is 10.9. The number of hydrogen-bond donors (Lipinski definition) is 2. The monoisotopic (exact) mass is 310 g/mol. The lowest BCUT2D eigenvalue weighted by molar-refractivity contribution is -0.102. The Morgan fingerprint density at radius 2 is 2.00 bits per heavy atom. The summed E-state index contributed by atoms with van der Waals surface area (Å²) >= 11 is 0. The molecule has 0 bridgehead atoms. The van der Waals surface area contributed by atoms with Crippen LogP contribution in [-0.2, 0) is 9.53 Å². The zero-order valence-corrected chi connectivity index (χ0v) is 12.7. The van der Waals surface area contributed by atoms with Gasteiger partial charge in [-0.2, -0.15) is 0 Å². The predicted molar refractivity (Wildman–Crippen MR) is 90.0 cm³/mol. The Hall–Kier alpha value is -2.73. The third-order valence-corrected chi connectivity index (χ3v) is 3.89. The molecule has 23 heavy (non-hydrogen) atoms. The molecule has 1 aliphatic rings. The van der Waals surface area contributed by atoms with E-state index in [4.69, 9.17) is 15.9 Å². The van der Waals surface area contributed by atoms with Gasteiger partial charge in [0.25, 0.3) is 0 Å². The maximum atomic E-state index is 10.9. The molecule has 2 heterocycles. The molecule has 3 rings (SSSR count). The highest BCUT2D eigenvalue weighted by atomic mass is 16.5. The fraction of sp³-hybridized carbons (Fsp3) is 0.235. The number of aldehydes is 1. The number of pyridine rings is 1. The number of hydrogen-bond acceptors (Lipinski definition) is 6. The average Bonchev–Trinajstić information content (AvgIpc) is 2.62. The number of nitrogen functional groups attached to an aromatic ring is 1. The molecule has 2 aromatic rings. The van der Waals surface area contributed by atoms with Crippen LogP contribution in [0.1, 0.15) is 5.56 Å². The largest absolute Gasteiger partial charge is 0.398 e. The van der Waals surface area contributed by atoms with Gasteiger partial charge in [0.15, 0.2) is 6.29 Å². The molecule has 6 heteroatoms. The van der Waals surface area contributed by atoms with E-state index in [1.54, 1.807) is 18.3 Å². The van der Waals surface area contributed by atoms with E-state index in [0.29, 0.717) is 30.8 Å². The van der Waals surface area contributed by atoms with Crippen molar-refractivity contribution in [2.75, 3.05) is 36.9 Å². The molecule has 1 saturated heterocycles. The van der Waals surface area contributed by atoms with E-state index < -0.39 is 0 Å². The number of benzene rings is 1. The summed E-state index contributed by atoms with van der Waals surface area (Å²) < 4.78 is 5.37. The molecule has 0 unspecified atom stereocenters. The van der Waals surface area contributed by atoms with E-state index in [1.165, 1.54) is 0 Å². The number of nitrogens with one attached hydrogen (secondary N) is 1. The van der Waals surface area contributed by atoms with Crippen molar-refractivity contribution in [3.8, 4) is 11.1 Å². The lowest BCUT2D eigenvalue weighted by Gasteiger charge is -2.28. The number of carbonyl (C=O) groups excluding carboxylic acids is 1. The van der Waals surface area contributed by atoms with Gasteiger partial charge in [-0.1, -0.05) is 6.07 Å². The highest BCUT2D eigenvalue weighted by Gasteiger charge is 2.13. The van der Waals surface area contributed by atoms with Gasteiger partial charge in [-0.3, -0.25) is 15.2 Å². The smallest absolute Gasteiger partial charge is 0.168 e. The summed E-state index contributed by atoms with van der Waals surface area (Å²) in [5.41, 5.74) is 9.43. The van der Waals surface area contributed by atoms with Gasteiger partial charge in [0.2, 0.25) is 0 Å². The number of anilines is 2. The van der Waals surface area contributed by atoms with Crippen molar-refractivity contribution in [2.24, 2.45) is 0 Å². The second-order valence-electron chi connectivity index (χ2n) is 5.36. The molecule has 3 N–H and O–H groups in total. The number of aromatic nitrogens is 1. The lowest BCUT2D eigenvalue weighted by atomic mass is 10.0. The van der Waals surface area contributed by atoms with Crippen molar-refractivity contribution < 1.29 is 9.53 Å². The summed E-state index contributed by atoms with van der Waals surface area (Å²) in [7, 11) is 0. The van der Waals surface area contributed by atoms with Crippen LogP contribution >= 0.6 is 0 Å². The molecule has 0 saturated carbocycles. The second kappa shape index (κ2) is 6.58. The molecule has 1 aliphatic heterocycles. The fourth-order valence-corrected chi connectivity index (χ4v) is 2.61. The number of nitrogens with two attached hydrogens (primary N) is 1. The Bertz CT molecular complexity index is 739. The molecule has 0 spiro atoms. The summed E-state index contributed by atoms with van der Waals surface area (Å²) in [6.07, 6.45) is 4.10. The van der Waals surface area contributed by atoms with E-state index in [0.717, 1.165) is 29.9 Å². The van der Waals surface area contributed by atoms with Gasteiger partial charge in [0.05, 0.1) is 25.1 Å². The van der Waals surface area contributed by atoms with Crippen molar-refractivity contribution in [2.45, 2.75) is 0 Å². The summed E-state index contributed by atoms with van der Waals surface area (Å²) in [5, 5.41) is 7.70. The SMILES string of the molecule is N=C(C=O)c1cc(-c2cncc(N3CCOCC3)c2)ccc1N. The molecule has 118 valence electrons. The Morgan fingerprint density at radius 3 is 2.74 bits per heavy atom. The first-order chi connectivity index (χ1) is 11.2. The zero-order chi connectivity index (χ0) is 16.2. The molecule has 1 aromatic carbocycles. The van der Waals surface area contributed by atoms with Crippen molar-refractivity contribution in [1.29, 1.82) is 5.41 Å². The highest BCUT2D eigenvalue weighted by molar-refractivity contribution is 6.36. The number of rotatable bonds is 4. The maximum Gasteiger partial charge on any atom is 0.168 e. The Kier molecular flexibility index (Phi) is 4.34. The Labute approximate surface area is 134 Å². The van der Waals surface area contributed by atoms with Crippen LogP contribution in [0.4, 0.5) is 11.4 Å². The van der Waals surface area contributed by atoms with Crippen LogP contribution in [0.15, 0.2) is 36.7 Å². The fourth-order valence-electron chi connectivity index (χ4n) is 2.61. The summed E-state index contributed by atoms with van der Waals surface area (Å²) in [6.45, 7) is 3.11. The zero-order valence-electron chi connectivity index (χ0n) is 12.7. The van der Waals surface area contributed by atoms with Crippen molar-refractivity contribution in [1.82, 2.24) is 4.98 Å². The minimum atomic E-state index is -0.123. The average molecular weight is 310 g/mol. The predicted octanol–water partition coefficient (Wildman–Crippen LogP) is 1.73. The normalized spacial score (nSPS) is 14.5. The van der Waals surface area contributed by atoms with Gasteiger partial charge >= 0.3 is 0 Å². The first-order valence-corrected chi connectivity index (χ1v) is 7.41. The van der Waals surface area contributed by atoms with Crippen LogP contribution < -0.4 is 10.6 Å². The van der Waals surface area contributed by atoms with Crippen LogP contribution in [0, 0.1) is 5.41 Å². The van der Waals surface area contributed by atoms with Gasteiger partial charge in [-0.25, -0.2) is 0 Å². The van der Waals surface area contributed by atoms with Gasteiger partial charge in [0, 0.05) is 36.1 Å². The minimum absolute atomic E-state index is 0.123. The van der Waals surface area contributed by atoms with E-state index in [1.807, 2.05) is 12.3 Å². The number of carbonyl (C=O) groups is 1. The summed E-state index contributed by atoms with van der Waals surface area (Å²) in [4.78, 5) is 17.4. The summed E-state index contributed by atoms with van der Waals surface area (Å²) in [5.74, 6) is 0. The van der Waals surface area contributed by atoms with E-state index in [-0.39, 0.29) is 5.71 Å². The van der Waals surface area contributed by atoms with Gasteiger partial charge in [0.1, 0.15) is 5.71 Å². The van der Waals surface area contributed by atoms with Crippen LogP contribution in [0.5, 0.6) is 0 Å². The molecule has 0 radical (unpaired) electrons. The van der Waals surface area contributed by atoms with Crippen molar-refractivity contribution in [3.63, 3.8) is 0 Å². The Morgan fingerprint density at radius 1 is 1.22 bits per heavy atom. The van der Waals surface area contributed by atoms with E-state index in [9.17, 15) is 4.79 Å². The molecule has 0 atom stereocenters. The molecule has 1 aromatic heterocycles. The molecule has 0 amide bonds. The Balaban J connectivity index is 1.95. The molecule has 6 nitrogen and oxygen atoms in total. The van der Waals surface area contributed by atoms with Gasteiger partial charge in [-0.05, 0) is 23.8 Å². The highest BCUT2D eigenvalue weighted by Crippen LogP contribution is 2.27. The van der Waals surface area contributed by atoms with Crippen molar-refractivity contribution >= 4 is 23.4 Å². The first-order valence-electron chi connectivity index (χ1n) is 7.41. The second-order valence-corrected chi connectivity index (χ2v) is 5.36. The number of morpholine rings is 1. The molecular weight excluding hydrogens is 292 g/mol. The van der Waals surface area contributed by atoms with Gasteiger partial charge < -0.3 is 15.4 Å². The third-order valence-electron chi connectivity index (χ3n) is 3.89. The van der Waals surface area contributed by atoms with Crippen LogP contribution in [-0.4, -0.2) is 43.3 Å². The number of ether oxygens (including phenoxy) is 1. The lowest BCUT2D eigenvalue weighted by Crippen LogP contribution is -2.36. The van der Waals surface area contributed by atoms with Crippen molar-refractivity contribution in [3.05, 3.63) is 42.2 Å². The van der Waals surface area contributed by atoms with Crippen LogP contribution in [0.25, 0.3) is 11.1 Å². The first kappa shape index (κ1) is 15.2. The van der Waals surface area contributed by atoms with E-state index in [2.05, 4.69) is 16.0 Å².